The van der Waals surface area contributed by atoms with Crippen LogP contribution in [0.15, 0.2) is 0 Å². The quantitative estimate of drug-likeness (QED) is 0.341. The highest BCUT2D eigenvalue weighted by Crippen LogP contribution is 2.14. The van der Waals surface area contributed by atoms with Gasteiger partial charge in [-0.3, -0.25) is 0 Å². The molecule has 12 nitrogen and oxygen atoms in total. The molecule has 0 aromatic heterocycles. The molecular formula is C17H32N4O8. The molecule has 0 aliphatic heterocycles. The van der Waals surface area contributed by atoms with E-state index in [0.29, 0.717) is 0 Å². The second kappa shape index (κ2) is 15.1. The van der Waals surface area contributed by atoms with Crippen molar-refractivity contribution in [2.24, 2.45) is 5.41 Å². The summed E-state index contributed by atoms with van der Waals surface area (Å²) in [4.78, 5) is 47.0. The van der Waals surface area contributed by atoms with Gasteiger partial charge in [-0.05, 0) is 27.7 Å². The van der Waals surface area contributed by atoms with Gasteiger partial charge in [-0.15, -0.1) is 0 Å². The monoisotopic (exact) mass is 420 g/mol. The van der Waals surface area contributed by atoms with Gasteiger partial charge < -0.3 is 40.2 Å². The second-order valence-corrected chi connectivity index (χ2v) is 5.80. The highest BCUT2D eigenvalue weighted by atomic mass is 16.6. The van der Waals surface area contributed by atoms with E-state index in [-0.39, 0.29) is 52.6 Å². The fraction of sp³-hybridized carbons (Fsp3) is 0.765. The van der Waals surface area contributed by atoms with Gasteiger partial charge in [0.15, 0.2) is 0 Å². The van der Waals surface area contributed by atoms with E-state index in [1.807, 2.05) is 0 Å². The van der Waals surface area contributed by atoms with E-state index >= 15 is 0 Å². The Hall–Kier alpha value is -2.92. The lowest BCUT2D eigenvalue weighted by atomic mass is 9.87. The van der Waals surface area contributed by atoms with Gasteiger partial charge in [0.2, 0.25) is 0 Å². The first kappa shape index (κ1) is 26.1. The number of rotatable bonds is 12. The van der Waals surface area contributed by atoms with Crippen molar-refractivity contribution < 1.29 is 38.1 Å². The zero-order chi connectivity index (χ0) is 22.1. The molecule has 0 spiro atoms. The molecular weight excluding hydrogens is 388 g/mol. The maximum absolute atomic E-state index is 11.7. The molecule has 0 radical (unpaired) electrons. The fourth-order valence-electron chi connectivity index (χ4n) is 2.14. The molecule has 0 fully saturated rings. The first-order valence-corrected chi connectivity index (χ1v) is 9.44. The van der Waals surface area contributed by atoms with E-state index in [0.717, 1.165) is 0 Å². The van der Waals surface area contributed by atoms with Crippen LogP contribution >= 0.6 is 0 Å². The summed E-state index contributed by atoms with van der Waals surface area (Å²) in [5.41, 5.74) is -1.03. The number of hydrogen-bond acceptors (Lipinski definition) is 8. The molecule has 0 aromatic rings. The van der Waals surface area contributed by atoms with Crippen molar-refractivity contribution in [2.45, 2.75) is 27.7 Å². The second-order valence-electron chi connectivity index (χ2n) is 5.80. The molecule has 0 atom stereocenters. The summed E-state index contributed by atoms with van der Waals surface area (Å²) in [6, 6.07) is 0. The van der Waals surface area contributed by atoms with Crippen LogP contribution < -0.4 is 21.3 Å². The minimum atomic E-state index is -1.03. The molecule has 12 heteroatoms. The number of amides is 4. The summed E-state index contributed by atoms with van der Waals surface area (Å²) in [6.45, 7) is 7.11. The summed E-state index contributed by atoms with van der Waals surface area (Å²) in [6.07, 6.45) is -2.72. The Morgan fingerprint density at radius 2 is 0.724 bits per heavy atom. The van der Waals surface area contributed by atoms with E-state index in [1.54, 1.807) is 27.7 Å². The molecule has 0 unspecified atom stereocenters. The molecule has 29 heavy (non-hydrogen) atoms. The van der Waals surface area contributed by atoms with Crippen LogP contribution in [0.4, 0.5) is 19.2 Å². The van der Waals surface area contributed by atoms with E-state index in [2.05, 4.69) is 21.3 Å². The average molecular weight is 420 g/mol. The molecule has 0 heterocycles. The molecule has 0 bridgehead atoms. The summed E-state index contributed by atoms with van der Waals surface area (Å²) in [7, 11) is 0. The molecule has 0 aliphatic carbocycles. The normalized spacial score (nSPS) is 10.3. The number of nitrogens with one attached hydrogen (secondary N) is 4. The van der Waals surface area contributed by atoms with E-state index in [4.69, 9.17) is 18.9 Å². The zero-order valence-electron chi connectivity index (χ0n) is 17.4. The molecule has 168 valence electrons. The van der Waals surface area contributed by atoms with Crippen LogP contribution in [0.5, 0.6) is 0 Å². The van der Waals surface area contributed by atoms with Gasteiger partial charge in [0.1, 0.15) is 0 Å². The van der Waals surface area contributed by atoms with Gasteiger partial charge in [-0.2, -0.15) is 0 Å². The number of carbonyl (C=O) groups excluding carboxylic acids is 4. The van der Waals surface area contributed by atoms with Crippen molar-refractivity contribution in [3.05, 3.63) is 0 Å². The molecule has 0 aromatic carbocycles. The van der Waals surface area contributed by atoms with Gasteiger partial charge in [-0.1, -0.05) is 0 Å². The number of carbonyl (C=O) groups is 4. The molecule has 0 aliphatic rings. The number of hydrogen-bond donors (Lipinski definition) is 4. The van der Waals surface area contributed by atoms with Crippen molar-refractivity contribution in [2.75, 3.05) is 52.6 Å². The summed E-state index contributed by atoms with van der Waals surface area (Å²) in [5, 5.41) is 10.2. The Morgan fingerprint density at radius 1 is 0.517 bits per heavy atom. The Bertz CT molecular complexity index is 436. The SMILES string of the molecule is CCOC(=O)NCC(CNC(=O)OCC)(CNC(=O)OCC)CNC(=O)OCC. The van der Waals surface area contributed by atoms with Gasteiger partial charge in [0, 0.05) is 31.6 Å². The standard InChI is InChI=1S/C17H32N4O8/c1-5-26-13(22)18-9-17(10-19-14(23)27-6-2,11-20-15(24)28-7-3)12-21-16(25)29-8-4/h5-12H2,1-4H3,(H,18,22)(H,19,23)(H,20,24)(H,21,25). The van der Waals surface area contributed by atoms with Gasteiger partial charge in [0.05, 0.1) is 26.4 Å². The van der Waals surface area contributed by atoms with Crippen molar-refractivity contribution in [1.29, 1.82) is 0 Å². The third kappa shape index (κ3) is 12.2. The topological polar surface area (TPSA) is 153 Å². The average Bonchev–Trinajstić information content (AvgIpc) is 2.68. The Kier molecular flexibility index (Phi) is 13.5. The van der Waals surface area contributed by atoms with Crippen LogP contribution in [0, 0.1) is 5.41 Å². The Morgan fingerprint density at radius 3 is 0.897 bits per heavy atom. The smallest absolute Gasteiger partial charge is 0.407 e. The summed E-state index contributed by atoms with van der Waals surface area (Å²) < 4.78 is 19.4. The largest absolute Gasteiger partial charge is 0.450 e. The Balaban J connectivity index is 5.35. The van der Waals surface area contributed by atoms with Crippen LogP contribution in [0.1, 0.15) is 27.7 Å². The van der Waals surface area contributed by atoms with Crippen molar-refractivity contribution in [3.63, 3.8) is 0 Å². The van der Waals surface area contributed by atoms with Crippen LogP contribution in [0.3, 0.4) is 0 Å². The third-order valence-electron chi connectivity index (χ3n) is 3.53. The lowest BCUT2D eigenvalue weighted by Gasteiger charge is -2.34. The molecule has 4 N–H and O–H groups in total. The van der Waals surface area contributed by atoms with E-state index < -0.39 is 29.8 Å². The highest BCUT2D eigenvalue weighted by Gasteiger charge is 2.33. The summed E-state index contributed by atoms with van der Waals surface area (Å²) in [5.74, 6) is 0. The third-order valence-corrected chi connectivity index (χ3v) is 3.53. The van der Waals surface area contributed by atoms with Crippen molar-refractivity contribution in [1.82, 2.24) is 21.3 Å². The minimum absolute atomic E-state index is 0.0446. The predicted octanol–water partition coefficient (Wildman–Crippen LogP) is 0.957. The minimum Gasteiger partial charge on any atom is -0.450 e. The highest BCUT2D eigenvalue weighted by molar-refractivity contribution is 5.69. The Labute approximate surface area is 170 Å². The zero-order valence-corrected chi connectivity index (χ0v) is 17.4. The first-order chi connectivity index (χ1) is 13.8. The van der Waals surface area contributed by atoms with Gasteiger partial charge >= 0.3 is 24.4 Å². The fourth-order valence-corrected chi connectivity index (χ4v) is 2.14. The lowest BCUT2D eigenvalue weighted by Crippen LogP contribution is -2.57. The van der Waals surface area contributed by atoms with E-state index in [9.17, 15) is 19.2 Å². The maximum Gasteiger partial charge on any atom is 0.407 e. The number of ether oxygens (including phenoxy) is 4. The molecule has 0 saturated heterocycles. The summed E-state index contributed by atoms with van der Waals surface area (Å²) >= 11 is 0. The maximum atomic E-state index is 11.7. The predicted molar refractivity (Wildman–Crippen MR) is 103 cm³/mol. The first-order valence-electron chi connectivity index (χ1n) is 9.44. The van der Waals surface area contributed by atoms with Gasteiger partial charge in [-0.25, -0.2) is 19.2 Å². The number of alkyl carbamates (subject to hydrolysis) is 4. The lowest BCUT2D eigenvalue weighted by molar-refractivity contribution is 0.125. The van der Waals surface area contributed by atoms with Crippen LogP contribution in [0.25, 0.3) is 0 Å². The molecule has 0 saturated carbocycles. The van der Waals surface area contributed by atoms with Crippen LogP contribution in [-0.2, 0) is 18.9 Å². The van der Waals surface area contributed by atoms with E-state index in [1.165, 1.54) is 0 Å². The van der Waals surface area contributed by atoms with Crippen LogP contribution in [-0.4, -0.2) is 77.0 Å². The van der Waals surface area contributed by atoms with Gasteiger partial charge in [0.25, 0.3) is 0 Å². The van der Waals surface area contributed by atoms with Crippen LogP contribution in [0.2, 0.25) is 0 Å². The van der Waals surface area contributed by atoms with Crippen molar-refractivity contribution >= 4 is 24.4 Å². The molecule has 4 amide bonds. The van der Waals surface area contributed by atoms with Crippen molar-refractivity contribution in [3.8, 4) is 0 Å². The molecule has 0 rings (SSSR count).